The molecule has 152 valence electrons. The second-order valence-corrected chi connectivity index (χ2v) is 8.62. The summed E-state index contributed by atoms with van der Waals surface area (Å²) < 4.78 is 105. The molecule has 4 saturated carbocycles. The molecule has 0 radical (unpaired) electrons. The number of rotatable bonds is 9. The molecule has 0 aromatic rings. The summed E-state index contributed by atoms with van der Waals surface area (Å²) in [6.07, 6.45) is -7.74. The summed E-state index contributed by atoms with van der Waals surface area (Å²) in [5, 5.41) is 0. The Morgan fingerprint density at radius 1 is 0.923 bits per heavy atom. The summed E-state index contributed by atoms with van der Waals surface area (Å²) in [7, 11) is 0. The van der Waals surface area contributed by atoms with Crippen LogP contribution in [-0.2, 0) is 0 Å². The molecule has 4 bridgehead atoms. The van der Waals surface area contributed by atoms with E-state index in [-0.39, 0.29) is 11.8 Å². The van der Waals surface area contributed by atoms with Crippen LogP contribution in [0.2, 0.25) is 0 Å². The second kappa shape index (κ2) is 5.97. The van der Waals surface area contributed by atoms with Crippen molar-refractivity contribution in [2.75, 3.05) is 0 Å². The van der Waals surface area contributed by atoms with E-state index in [0.717, 1.165) is 6.42 Å². The van der Waals surface area contributed by atoms with Crippen molar-refractivity contribution in [3.63, 3.8) is 0 Å². The summed E-state index contributed by atoms with van der Waals surface area (Å²) >= 11 is 0. The van der Waals surface area contributed by atoms with Crippen LogP contribution in [0.3, 0.4) is 0 Å². The summed E-state index contributed by atoms with van der Waals surface area (Å²) in [6, 6.07) is 0. The summed E-state index contributed by atoms with van der Waals surface area (Å²) in [5.74, 6) is -11.3. The van der Waals surface area contributed by atoms with Gasteiger partial charge in [-0.15, -0.1) is 0 Å². The molecule has 0 spiro atoms. The van der Waals surface area contributed by atoms with Crippen LogP contribution in [0, 0.1) is 35.0 Å². The van der Waals surface area contributed by atoms with E-state index in [2.05, 4.69) is 13.8 Å². The lowest BCUT2D eigenvalue weighted by Gasteiger charge is -2.29. The minimum atomic E-state index is -4.72. The first kappa shape index (κ1) is 20.2. The first-order chi connectivity index (χ1) is 11.8. The van der Waals surface area contributed by atoms with Gasteiger partial charge in [0.25, 0.3) is 0 Å². The van der Waals surface area contributed by atoms with E-state index in [4.69, 9.17) is 0 Å². The molecule has 6 unspecified atom stereocenters. The van der Waals surface area contributed by atoms with Crippen LogP contribution in [0.25, 0.3) is 0 Å². The van der Waals surface area contributed by atoms with E-state index in [1.807, 2.05) is 0 Å². The average Bonchev–Trinajstić information content (AvgIpc) is 2.76. The number of hydrogen-bond donors (Lipinski definition) is 0. The minimum Gasteiger partial charge on any atom is -0.204 e. The molecule has 0 amide bonds. The Morgan fingerprint density at radius 2 is 1.50 bits per heavy atom. The molecule has 0 N–H and O–H groups in total. The van der Waals surface area contributed by atoms with Crippen LogP contribution in [0.5, 0.6) is 0 Å². The SMILES string of the molecule is CC1C2CC3C1C3(CCCC(F)(F)C(F)(F)CCC(F)(F)C(F)F)C2C. The topological polar surface area (TPSA) is 0 Å². The van der Waals surface area contributed by atoms with Crippen LogP contribution in [-0.4, -0.2) is 24.2 Å². The van der Waals surface area contributed by atoms with Gasteiger partial charge in [0.05, 0.1) is 0 Å². The third-order valence-corrected chi connectivity index (χ3v) is 7.62. The largest absolute Gasteiger partial charge is 0.310 e. The molecule has 0 aromatic carbocycles. The van der Waals surface area contributed by atoms with Gasteiger partial charge in [-0.2, -0.15) is 17.6 Å². The zero-order chi connectivity index (χ0) is 19.7. The fourth-order valence-electron chi connectivity index (χ4n) is 6.26. The van der Waals surface area contributed by atoms with Gasteiger partial charge >= 0.3 is 24.2 Å². The average molecular weight is 392 g/mol. The molecular weight excluding hydrogens is 368 g/mol. The van der Waals surface area contributed by atoms with Crippen molar-refractivity contribution in [2.24, 2.45) is 35.0 Å². The van der Waals surface area contributed by atoms with Gasteiger partial charge in [0.1, 0.15) is 0 Å². The molecule has 6 atom stereocenters. The van der Waals surface area contributed by atoms with Crippen molar-refractivity contribution < 1.29 is 35.1 Å². The Hall–Kier alpha value is -0.560. The van der Waals surface area contributed by atoms with E-state index in [1.165, 1.54) is 0 Å². The van der Waals surface area contributed by atoms with E-state index >= 15 is 0 Å². The predicted molar refractivity (Wildman–Crippen MR) is 79.8 cm³/mol. The van der Waals surface area contributed by atoms with Gasteiger partial charge in [-0.05, 0) is 54.3 Å². The third kappa shape index (κ3) is 2.76. The second-order valence-electron chi connectivity index (χ2n) is 8.62. The Kier molecular flexibility index (Phi) is 4.63. The van der Waals surface area contributed by atoms with E-state index in [1.54, 1.807) is 0 Å². The Bertz CT molecular complexity index is 541. The highest BCUT2D eigenvalue weighted by Crippen LogP contribution is 2.85. The zero-order valence-corrected chi connectivity index (χ0v) is 14.7. The van der Waals surface area contributed by atoms with Crippen LogP contribution in [0.1, 0.15) is 52.4 Å². The maximum atomic E-state index is 13.9. The van der Waals surface area contributed by atoms with Gasteiger partial charge in [0, 0.05) is 19.3 Å². The molecule has 0 aliphatic heterocycles. The lowest BCUT2D eigenvalue weighted by molar-refractivity contribution is -0.228. The smallest absolute Gasteiger partial charge is 0.204 e. The Balaban J connectivity index is 1.52. The molecule has 0 heterocycles. The number of hydrogen-bond acceptors (Lipinski definition) is 0. The lowest BCUT2D eigenvalue weighted by Crippen LogP contribution is -2.42. The number of halogens is 8. The Labute approximate surface area is 147 Å². The maximum absolute atomic E-state index is 13.9. The fourth-order valence-corrected chi connectivity index (χ4v) is 6.26. The predicted octanol–water partition coefficient (Wildman–Crippen LogP) is 6.65. The molecule has 4 fully saturated rings. The number of alkyl halides is 8. The monoisotopic (exact) mass is 392 g/mol. The third-order valence-electron chi connectivity index (χ3n) is 7.62. The molecule has 26 heavy (non-hydrogen) atoms. The van der Waals surface area contributed by atoms with Crippen molar-refractivity contribution in [1.29, 1.82) is 0 Å². The fraction of sp³-hybridized carbons (Fsp3) is 1.00. The summed E-state index contributed by atoms with van der Waals surface area (Å²) in [4.78, 5) is 0. The highest BCUT2D eigenvalue weighted by atomic mass is 19.3. The Morgan fingerprint density at radius 3 is 1.92 bits per heavy atom. The quantitative estimate of drug-likeness (QED) is 0.386. The summed E-state index contributed by atoms with van der Waals surface area (Å²) in [5.41, 5.74) is -0.00183. The molecule has 4 aliphatic rings. The van der Waals surface area contributed by atoms with E-state index in [0.29, 0.717) is 36.0 Å². The van der Waals surface area contributed by atoms with Crippen LogP contribution in [0.15, 0.2) is 0 Å². The first-order valence-corrected chi connectivity index (χ1v) is 9.19. The van der Waals surface area contributed by atoms with Gasteiger partial charge in [0.15, 0.2) is 0 Å². The van der Waals surface area contributed by atoms with Crippen molar-refractivity contribution in [1.82, 2.24) is 0 Å². The molecule has 8 heteroatoms. The van der Waals surface area contributed by atoms with Gasteiger partial charge < -0.3 is 0 Å². The standard InChI is InChI=1S/C18H24F8/c1-9-11-8-12-13(9)15(12,10(11)2)4-3-5-17(23,24)18(25,26)7-6-16(21,22)14(19)20/h9-14H,3-8H2,1-2H3. The maximum Gasteiger partial charge on any atom is 0.310 e. The van der Waals surface area contributed by atoms with Gasteiger partial charge in [-0.25, -0.2) is 17.6 Å². The molecule has 0 saturated heterocycles. The minimum absolute atomic E-state index is 0.00183. The van der Waals surface area contributed by atoms with Crippen molar-refractivity contribution >= 4 is 0 Å². The zero-order valence-electron chi connectivity index (χ0n) is 14.7. The normalized spacial score (nSPS) is 39.1. The van der Waals surface area contributed by atoms with Crippen LogP contribution >= 0.6 is 0 Å². The molecular formula is C18H24F8. The first-order valence-electron chi connectivity index (χ1n) is 9.19. The van der Waals surface area contributed by atoms with Gasteiger partial charge in [0.2, 0.25) is 0 Å². The van der Waals surface area contributed by atoms with E-state index < -0.39 is 43.5 Å². The highest BCUT2D eigenvalue weighted by molar-refractivity contribution is 5.27. The van der Waals surface area contributed by atoms with Crippen molar-refractivity contribution in [3.8, 4) is 0 Å². The van der Waals surface area contributed by atoms with Crippen molar-refractivity contribution in [2.45, 2.75) is 76.6 Å². The van der Waals surface area contributed by atoms with E-state index in [9.17, 15) is 35.1 Å². The molecule has 0 aromatic heterocycles. The molecule has 4 aliphatic carbocycles. The van der Waals surface area contributed by atoms with Crippen molar-refractivity contribution in [3.05, 3.63) is 0 Å². The molecule has 0 nitrogen and oxygen atoms in total. The molecule has 4 rings (SSSR count). The lowest BCUT2D eigenvalue weighted by atomic mass is 9.85. The van der Waals surface area contributed by atoms with Crippen LogP contribution < -0.4 is 0 Å². The van der Waals surface area contributed by atoms with Gasteiger partial charge in [-0.1, -0.05) is 13.8 Å². The summed E-state index contributed by atoms with van der Waals surface area (Å²) in [6.45, 7) is 4.26. The van der Waals surface area contributed by atoms with Gasteiger partial charge in [-0.3, -0.25) is 0 Å². The van der Waals surface area contributed by atoms with Crippen LogP contribution in [0.4, 0.5) is 35.1 Å². The highest BCUT2D eigenvalue weighted by Gasteiger charge is 2.79.